The summed E-state index contributed by atoms with van der Waals surface area (Å²) in [5.41, 5.74) is 4.86. The number of anilines is 1. The zero-order valence-corrected chi connectivity index (χ0v) is 15.2. The molecule has 3 heterocycles. The molecule has 4 rings (SSSR count). The van der Waals surface area contributed by atoms with Gasteiger partial charge in [-0.3, -0.25) is 0 Å². The van der Waals surface area contributed by atoms with E-state index in [-0.39, 0.29) is 6.10 Å². The van der Waals surface area contributed by atoms with Gasteiger partial charge < -0.3 is 10.1 Å². The average Bonchev–Trinajstić information content (AvgIpc) is 3.23. The van der Waals surface area contributed by atoms with Gasteiger partial charge in [-0.25, -0.2) is 4.98 Å². The summed E-state index contributed by atoms with van der Waals surface area (Å²) in [7, 11) is 0. The molecule has 0 amide bonds. The molecule has 1 N–H and O–H groups in total. The zero-order valence-electron chi connectivity index (χ0n) is 14.4. The van der Waals surface area contributed by atoms with Crippen molar-refractivity contribution in [3.63, 3.8) is 0 Å². The molecule has 1 atom stereocenters. The average molecular weight is 357 g/mol. The van der Waals surface area contributed by atoms with E-state index in [1.165, 1.54) is 0 Å². The number of hydrogen-bond donors (Lipinski definition) is 1. The highest BCUT2D eigenvalue weighted by atomic mass is 35.5. The number of nitrogens with zero attached hydrogens (tertiary/aromatic N) is 3. The maximum Gasteiger partial charge on any atom is 0.161 e. The van der Waals surface area contributed by atoms with Crippen molar-refractivity contribution in [1.82, 2.24) is 14.6 Å². The van der Waals surface area contributed by atoms with E-state index in [2.05, 4.69) is 17.2 Å². The summed E-state index contributed by atoms with van der Waals surface area (Å²) in [4.78, 5) is 4.68. The molecule has 0 radical (unpaired) electrons. The van der Waals surface area contributed by atoms with Gasteiger partial charge in [-0.15, -0.1) is 0 Å². The molecule has 5 nitrogen and oxygen atoms in total. The van der Waals surface area contributed by atoms with E-state index in [1.54, 1.807) is 0 Å². The number of aromatic nitrogens is 3. The molecular weight excluding hydrogens is 336 g/mol. The van der Waals surface area contributed by atoms with Crippen LogP contribution in [-0.2, 0) is 4.74 Å². The molecule has 3 aromatic rings. The standard InChI is InChI=1S/C19H21ClN4O/c1-12-10-17(21-11-16-4-3-9-25-16)24-19(22-12)13(2)18(23-24)14-5-7-15(20)8-6-14/h5-8,10,16,21H,3-4,9,11H2,1-2H3/t16-/m0/s1. The first-order valence-corrected chi connectivity index (χ1v) is 8.98. The number of ether oxygens (including phenoxy) is 1. The molecule has 1 aliphatic heterocycles. The highest BCUT2D eigenvalue weighted by molar-refractivity contribution is 6.30. The molecule has 0 saturated carbocycles. The predicted molar refractivity (Wildman–Crippen MR) is 100 cm³/mol. The van der Waals surface area contributed by atoms with Crippen LogP contribution >= 0.6 is 11.6 Å². The van der Waals surface area contributed by atoms with Crippen molar-refractivity contribution in [2.75, 3.05) is 18.5 Å². The quantitative estimate of drug-likeness (QED) is 0.759. The molecular formula is C19H21ClN4O. The molecule has 0 unspecified atom stereocenters. The van der Waals surface area contributed by atoms with Crippen LogP contribution in [0.1, 0.15) is 24.1 Å². The molecule has 2 aromatic heterocycles. The van der Waals surface area contributed by atoms with Crippen LogP contribution in [-0.4, -0.2) is 33.9 Å². The second-order valence-corrected chi connectivity index (χ2v) is 6.95. The van der Waals surface area contributed by atoms with Gasteiger partial charge in [0.1, 0.15) is 5.82 Å². The Kier molecular flexibility index (Phi) is 4.36. The summed E-state index contributed by atoms with van der Waals surface area (Å²) < 4.78 is 7.60. The van der Waals surface area contributed by atoms with Crippen molar-refractivity contribution in [3.8, 4) is 11.3 Å². The van der Waals surface area contributed by atoms with Crippen LogP contribution in [0.25, 0.3) is 16.9 Å². The van der Waals surface area contributed by atoms with Crippen LogP contribution in [0.2, 0.25) is 5.02 Å². The molecule has 25 heavy (non-hydrogen) atoms. The third-order valence-corrected chi connectivity index (χ3v) is 4.85. The minimum Gasteiger partial charge on any atom is -0.376 e. The topological polar surface area (TPSA) is 51.5 Å². The molecule has 1 aliphatic rings. The summed E-state index contributed by atoms with van der Waals surface area (Å²) in [6.45, 7) is 5.71. The Labute approximate surface area is 152 Å². The summed E-state index contributed by atoms with van der Waals surface area (Å²) in [5.74, 6) is 0.946. The maximum atomic E-state index is 6.01. The lowest BCUT2D eigenvalue weighted by atomic mass is 10.1. The summed E-state index contributed by atoms with van der Waals surface area (Å²) in [6.07, 6.45) is 2.52. The molecule has 0 aliphatic carbocycles. The van der Waals surface area contributed by atoms with Gasteiger partial charge in [0.15, 0.2) is 5.65 Å². The summed E-state index contributed by atoms with van der Waals surface area (Å²) in [5, 5.41) is 9.01. The van der Waals surface area contributed by atoms with Crippen molar-refractivity contribution in [3.05, 3.63) is 46.6 Å². The van der Waals surface area contributed by atoms with Crippen molar-refractivity contribution < 1.29 is 4.74 Å². The van der Waals surface area contributed by atoms with E-state index in [4.69, 9.17) is 21.4 Å². The number of rotatable bonds is 4. The second kappa shape index (κ2) is 6.65. The number of hydrogen-bond acceptors (Lipinski definition) is 4. The molecule has 0 bridgehead atoms. The second-order valence-electron chi connectivity index (χ2n) is 6.51. The van der Waals surface area contributed by atoms with Gasteiger partial charge in [-0.05, 0) is 38.8 Å². The van der Waals surface area contributed by atoms with Crippen molar-refractivity contribution in [1.29, 1.82) is 0 Å². The molecule has 0 spiro atoms. The van der Waals surface area contributed by atoms with Gasteiger partial charge in [0.2, 0.25) is 0 Å². The van der Waals surface area contributed by atoms with Crippen LogP contribution in [0.15, 0.2) is 30.3 Å². The number of halogens is 1. The van der Waals surface area contributed by atoms with Crippen LogP contribution in [0, 0.1) is 13.8 Å². The Hall–Kier alpha value is -2.11. The van der Waals surface area contributed by atoms with Gasteiger partial charge in [0, 0.05) is 41.1 Å². The molecule has 1 saturated heterocycles. The number of nitrogens with one attached hydrogen (secondary N) is 1. The van der Waals surface area contributed by atoms with Gasteiger partial charge in [-0.2, -0.15) is 9.61 Å². The molecule has 130 valence electrons. The number of benzene rings is 1. The van der Waals surface area contributed by atoms with Gasteiger partial charge in [0.05, 0.1) is 11.8 Å². The van der Waals surface area contributed by atoms with Crippen molar-refractivity contribution in [2.24, 2.45) is 0 Å². The van der Waals surface area contributed by atoms with E-state index < -0.39 is 0 Å². The minimum atomic E-state index is 0.274. The van der Waals surface area contributed by atoms with E-state index in [0.29, 0.717) is 0 Å². The first-order chi connectivity index (χ1) is 12.1. The fraction of sp³-hybridized carbons (Fsp3) is 0.368. The fourth-order valence-electron chi connectivity index (χ4n) is 3.28. The lowest BCUT2D eigenvalue weighted by Gasteiger charge is -2.13. The van der Waals surface area contributed by atoms with Gasteiger partial charge in [-0.1, -0.05) is 23.7 Å². The lowest BCUT2D eigenvalue weighted by Crippen LogP contribution is -2.20. The fourth-order valence-corrected chi connectivity index (χ4v) is 3.40. The monoisotopic (exact) mass is 356 g/mol. The molecule has 6 heteroatoms. The zero-order chi connectivity index (χ0) is 17.4. The number of aryl methyl sites for hydroxylation is 2. The summed E-state index contributed by atoms with van der Waals surface area (Å²) in [6, 6.07) is 9.78. The third-order valence-electron chi connectivity index (χ3n) is 4.60. The van der Waals surface area contributed by atoms with E-state index in [9.17, 15) is 0 Å². The Morgan fingerprint density at radius 2 is 2.08 bits per heavy atom. The van der Waals surface area contributed by atoms with Crippen LogP contribution in [0.4, 0.5) is 5.82 Å². The van der Waals surface area contributed by atoms with Crippen molar-refractivity contribution >= 4 is 23.1 Å². The number of fused-ring (bicyclic) bond motifs is 1. The molecule has 1 fully saturated rings. The van der Waals surface area contributed by atoms with Crippen molar-refractivity contribution in [2.45, 2.75) is 32.8 Å². The predicted octanol–water partition coefficient (Wildman–Crippen LogP) is 4.26. The minimum absolute atomic E-state index is 0.274. The van der Waals surface area contributed by atoms with Gasteiger partial charge >= 0.3 is 0 Å². The Morgan fingerprint density at radius 1 is 1.28 bits per heavy atom. The van der Waals surface area contributed by atoms with Gasteiger partial charge in [0.25, 0.3) is 0 Å². The Balaban J connectivity index is 1.73. The maximum absolute atomic E-state index is 6.01. The van der Waals surface area contributed by atoms with E-state index in [1.807, 2.05) is 41.8 Å². The largest absolute Gasteiger partial charge is 0.376 e. The molecule has 1 aromatic carbocycles. The van der Waals surface area contributed by atoms with Crippen LogP contribution < -0.4 is 5.32 Å². The first kappa shape index (κ1) is 16.4. The summed E-state index contributed by atoms with van der Waals surface area (Å²) >= 11 is 6.01. The third kappa shape index (κ3) is 3.22. The highest BCUT2D eigenvalue weighted by Gasteiger charge is 2.18. The highest BCUT2D eigenvalue weighted by Crippen LogP contribution is 2.28. The Bertz CT molecular complexity index is 898. The Morgan fingerprint density at radius 3 is 2.80 bits per heavy atom. The van der Waals surface area contributed by atoms with Crippen LogP contribution in [0.5, 0.6) is 0 Å². The van der Waals surface area contributed by atoms with Crippen LogP contribution in [0.3, 0.4) is 0 Å². The first-order valence-electron chi connectivity index (χ1n) is 8.60. The van der Waals surface area contributed by atoms with E-state index in [0.717, 1.165) is 65.0 Å². The lowest BCUT2D eigenvalue weighted by molar-refractivity contribution is 0.120. The van der Waals surface area contributed by atoms with E-state index >= 15 is 0 Å². The SMILES string of the molecule is Cc1cc(NC[C@@H]2CCCO2)n2nc(-c3ccc(Cl)cc3)c(C)c2n1. The normalized spacial score (nSPS) is 17.3. The smallest absolute Gasteiger partial charge is 0.161 e.